The molecule has 0 amide bonds. The molecule has 0 bridgehead atoms. The van der Waals surface area contributed by atoms with E-state index in [1.807, 2.05) is 20.4 Å². The van der Waals surface area contributed by atoms with Crippen molar-refractivity contribution in [1.82, 2.24) is 21.3 Å². The van der Waals surface area contributed by atoms with Gasteiger partial charge in [-0.25, -0.2) is 0 Å². The second kappa shape index (κ2) is 19.5. The molecule has 0 fully saturated rings. The highest BCUT2D eigenvalue weighted by atomic mass is 32.3. The monoisotopic (exact) mass is 356 g/mol. The smallest absolute Gasteiger partial charge is 0.0481 e. The van der Waals surface area contributed by atoms with Crippen molar-refractivity contribution in [2.45, 2.75) is 26.2 Å². The molecule has 0 aliphatic heterocycles. The van der Waals surface area contributed by atoms with E-state index < -0.39 is 10.3 Å². The van der Waals surface area contributed by atoms with Crippen LogP contribution in [0.5, 0.6) is 0 Å². The minimum Gasteiger partial charge on any atom is -0.320 e. The maximum Gasteiger partial charge on any atom is 0.0481 e. The third-order valence-corrected chi connectivity index (χ3v) is 5.61. The summed E-state index contributed by atoms with van der Waals surface area (Å²) >= 11 is 1.46. The Kier molecular flexibility index (Phi) is 22.0. The normalized spacial score (nSPS) is 11.9. The van der Waals surface area contributed by atoms with Gasteiger partial charge >= 0.3 is 0 Å². The maximum atomic E-state index is 5.56. The first-order valence-electron chi connectivity index (χ1n) is 8.18. The predicted octanol–water partition coefficient (Wildman–Crippen LogP) is 2.01. The number of hydrogen-bond donors (Lipinski definition) is 4. The van der Waals surface area contributed by atoms with Crippen LogP contribution in [0.2, 0.25) is 0 Å². The van der Waals surface area contributed by atoms with Crippen LogP contribution >= 0.6 is 22.4 Å². The second-order valence-electron chi connectivity index (χ2n) is 5.48. The van der Waals surface area contributed by atoms with Crippen LogP contribution in [0.25, 0.3) is 0 Å². The maximum absolute atomic E-state index is 5.56. The van der Waals surface area contributed by atoms with Gasteiger partial charge in [0.25, 0.3) is 0 Å². The summed E-state index contributed by atoms with van der Waals surface area (Å²) in [5.74, 6) is 0.984. The minimum absolute atomic E-state index is 0.887. The van der Waals surface area contributed by atoms with Gasteiger partial charge in [-0.15, -0.1) is 10.3 Å². The van der Waals surface area contributed by atoms with E-state index in [-0.39, 0.29) is 0 Å². The predicted molar refractivity (Wildman–Crippen MR) is 107 cm³/mol. The SMILES string of the molecule is CCCNCCCNC.CNCCCNCS(C)(C)OSC. The molecule has 0 heterocycles. The van der Waals surface area contributed by atoms with E-state index in [2.05, 4.69) is 40.7 Å². The van der Waals surface area contributed by atoms with E-state index in [0.29, 0.717) is 0 Å². The molecule has 0 spiro atoms. The highest BCUT2D eigenvalue weighted by Gasteiger charge is 2.10. The summed E-state index contributed by atoms with van der Waals surface area (Å²) < 4.78 is 5.56. The molecule has 0 radical (unpaired) electrons. The van der Waals surface area contributed by atoms with E-state index in [4.69, 9.17) is 3.63 Å². The Hall–Kier alpha value is 0.500. The third-order valence-electron chi connectivity index (χ3n) is 2.69. The van der Waals surface area contributed by atoms with Crippen molar-refractivity contribution in [3.63, 3.8) is 0 Å². The van der Waals surface area contributed by atoms with Gasteiger partial charge in [-0.2, -0.15) is 0 Å². The fourth-order valence-corrected chi connectivity index (χ4v) is 3.91. The van der Waals surface area contributed by atoms with Crippen LogP contribution < -0.4 is 21.3 Å². The van der Waals surface area contributed by atoms with E-state index in [0.717, 1.165) is 38.6 Å². The molecule has 0 aliphatic rings. The Labute approximate surface area is 145 Å². The van der Waals surface area contributed by atoms with E-state index in [9.17, 15) is 0 Å². The molecular weight excluding hydrogens is 316 g/mol. The van der Waals surface area contributed by atoms with Gasteiger partial charge in [0, 0.05) is 24.2 Å². The molecule has 0 aliphatic carbocycles. The molecule has 0 aromatic carbocycles. The van der Waals surface area contributed by atoms with Gasteiger partial charge in [0.2, 0.25) is 0 Å². The lowest BCUT2D eigenvalue weighted by molar-refractivity contribution is 0.619. The molecule has 0 atom stereocenters. The highest BCUT2D eigenvalue weighted by Crippen LogP contribution is 2.42. The minimum atomic E-state index is -0.887. The van der Waals surface area contributed by atoms with Crippen LogP contribution in [0.3, 0.4) is 0 Å². The van der Waals surface area contributed by atoms with Gasteiger partial charge in [0.15, 0.2) is 0 Å². The van der Waals surface area contributed by atoms with Crippen LogP contribution in [0.4, 0.5) is 0 Å². The average molecular weight is 357 g/mol. The Balaban J connectivity index is 0. The molecule has 0 rings (SSSR count). The molecule has 4 N–H and O–H groups in total. The van der Waals surface area contributed by atoms with Gasteiger partial charge in [-0.1, -0.05) is 6.92 Å². The summed E-state index contributed by atoms with van der Waals surface area (Å²) in [5.41, 5.74) is 0. The summed E-state index contributed by atoms with van der Waals surface area (Å²) in [6.07, 6.45) is 9.96. The molecule has 5 nitrogen and oxygen atoms in total. The third kappa shape index (κ3) is 22.8. The first-order valence-corrected chi connectivity index (χ1v) is 11.9. The fourth-order valence-electron chi connectivity index (χ4n) is 1.61. The molecule has 22 heavy (non-hydrogen) atoms. The van der Waals surface area contributed by atoms with Gasteiger partial charge in [0.1, 0.15) is 0 Å². The van der Waals surface area contributed by atoms with Crippen LogP contribution in [0.1, 0.15) is 26.2 Å². The van der Waals surface area contributed by atoms with Crippen LogP contribution in [-0.4, -0.2) is 71.5 Å². The Morgan fingerprint density at radius 2 is 1.41 bits per heavy atom. The quantitative estimate of drug-likeness (QED) is 0.282. The first-order chi connectivity index (χ1) is 10.5. The van der Waals surface area contributed by atoms with Crippen molar-refractivity contribution in [3.8, 4) is 0 Å². The lowest BCUT2D eigenvalue weighted by Crippen LogP contribution is -2.24. The van der Waals surface area contributed by atoms with Crippen LogP contribution in [-0.2, 0) is 3.63 Å². The van der Waals surface area contributed by atoms with Gasteiger partial charge in [-0.05, 0) is 78.6 Å². The molecule has 138 valence electrons. The van der Waals surface area contributed by atoms with Crippen molar-refractivity contribution in [2.75, 3.05) is 71.5 Å². The molecule has 7 heteroatoms. The topological polar surface area (TPSA) is 57.3 Å². The summed E-state index contributed by atoms with van der Waals surface area (Å²) in [5, 5.41) is 13.0. The van der Waals surface area contributed by atoms with Crippen molar-refractivity contribution < 1.29 is 3.63 Å². The van der Waals surface area contributed by atoms with E-state index >= 15 is 0 Å². The van der Waals surface area contributed by atoms with Crippen LogP contribution in [0.15, 0.2) is 0 Å². The van der Waals surface area contributed by atoms with Gasteiger partial charge in [-0.3, -0.25) is 3.63 Å². The standard InChI is InChI=1S/C8H22N2OS2.C7H18N2/c1-9-6-5-7-10-8-13(3,4)11-12-2;1-3-5-9-7-4-6-8-2/h9-10H,5-8H2,1-4H3;8-9H,3-7H2,1-2H3. The van der Waals surface area contributed by atoms with E-state index in [1.165, 1.54) is 31.3 Å². The van der Waals surface area contributed by atoms with Crippen molar-refractivity contribution in [3.05, 3.63) is 0 Å². The highest BCUT2D eigenvalue weighted by molar-refractivity contribution is 8.32. The molecule has 0 saturated carbocycles. The lowest BCUT2D eigenvalue weighted by Gasteiger charge is -2.29. The summed E-state index contributed by atoms with van der Waals surface area (Å²) in [6, 6.07) is 0. The molecule has 0 aromatic heterocycles. The molecule has 0 saturated heterocycles. The zero-order chi connectivity index (χ0) is 17.1. The van der Waals surface area contributed by atoms with Crippen molar-refractivity contribution in [2.24, 2.45) is 0 Å². The second-order valence-corrected chi connectivity index (χ2v) is 9.52. The lowest BCUT2D eigenvalue weighted by atomic mass is 10.4. The van der Waals surface area contributed by atoms with Crippen molar-refractivity contribution >= 4 is 22.4 Å². The fraction of sp³-hybridized carbons (Fsp3) is 1.00. The van der Waals surface area contributed by atoms with Crippen LogP contribution in [0, 0.1) is 0 Å². The van der Waals surface area contributed by atoms with Crippen molar-refractivity contribution in [1.29, 1.82) is 0 Å². The summed E-state index contributed by atoms with van der Waals surface area (Å²) in [6.45, 7) is 7.75. The van der Waals surface area contributed by atoms with Gasteiger partial charge < -0.3 is 21.3 Å². The zero-order valence-corrected chi connectivity index (χ0v) is 17.2. The number of hydrogen-bond acceptors (Lipinski definition) is 6. The Morgan fingerprint density at radius 1 is 0.864 bits per heavy atom. The number of nitrogens with one attached hydrogen (secondary N) is 4. The van der Waals surface area contributed by atoms with Gasteiger partial charge in [0.05, 0.1) is 0 Å². The Morgan fingerprint density at radius 3 is 1.86 bits per heavy atom. The number of rotatable bonds is 14. The summed E-state index contributed by atoms with van der Waals surface area (Å²) in [4.78, 5) is 0. The Bertz CT molecular complexity index is 204. The summed E-state index contributed by atoms with van der Waals surface area (Å²) in [7, 11) is 3.08. The first kappa shape index (κ1) is 24.7. The largest absolute Gasteiger partial charge is 0.320 e. The zero-order valence-electron chi connectivity index (χ0n) is 15.6. The molecule has 0 aromatic rings. The van der Waals surface area contributed by atoms with E-state index in [1.54, 1.807) is 0 Å². The molecule has 0 unspecified atom stereocenters. The molecular formula is C15H40N4OS2. The average Bonchev–Trinajstić information content (AvgIpc) is 2.47.